The first-order valence-electron chi connectivity index (χ1n) is 7.78. The molecule has 0 saturated carbocycles. The number of nitrogens with one attached hydrogen (secondary N) is 1. The molecule has 0 atom stereocenters. The Bertz CT molecular complexity index is 899. The van der Waals surface area contributed by atoms with Gasteiger partial charge in [0.1, 0.15) is 17.3 Å². The predicted octanol–water partition coefficient (Wildman–Crippen LogP) is 2.53. The largest absolute Gasteiger partial charge is 0.457 e. The van der Waals surface area contributed by atoms with Crippen LogP contribution in [0.15, 0.2) is 77.8 Å². The fourth-order valence-electron chi connectivity index (χ4n) is 2.76. The Hall–Kier alpha value is -3.22. The zero-order valence-corrected chi connectivity index (χ0v) is 13.1. The van der Waals surface area contributed by atoms with Crippen molar-refractivity contribution in [3.8, 4) is 0 Å². The van der Waals surface area contributed by atoms with Gasteiger partial charge in [-0.25, -0.2) is 8.78 Å². The SMILES string of the molecule is Fc1cccc(F)c1B1N=C(c2ccccn2)NN1c1ccccc1. The number of rotatable bonds is 3. The van der Waals surface area contributed by atoms with Crippen LogP contribution in [0, 0.1) is 11.6 Å². The lowest BCUT2D eigenvalue weighted by molar-refractivity contribution is 0.596. The van der Waals surface area contributed by atoms with E-state index in [2.05, 4.69) is 15.3 Å². The highest BCUT2D eigenvalue weighted by Crippen LogP contribution is 2.19. The predicted molar refractivity (Wildman–Crippen MR) is 94.6 cm³/mol. The molecule has 0 fully saturated rings. The molecule has 1 N–H and O–H groups in total. The summed E-state index contributed by atoms with van der Waals surface area (Å²) < 4.78 is 28.7. The summed E-state index contributed by atoms with van der Waals surface area (Å²) in [7, 11) is 0. The van der Waals surface area contributed by atoms with Crippen LogP contribution in [-0.2, 0) is 0 Å². The molecule has 1 aliphatic rings. The van der Waals surface area contributed by atoms with E-state index in [0.29, 0.717) is 11.5 Å². The number of pyridine rings is 1. The van der Waals surface area contributed by atoms with Crippen LogP contribution in [0.25, 0.3) is 0 Å². The Morgan fingerprint density at radius 1 is 0.840 bits per heavy atom. The summed E-state index contributed by atoms with van der Waals surface area (Å²) in [5.74, 6) is -0.824. The second-order valence-electron chi connectivity index (χ2n) is 5.52. The van der Waals surface area contributed by atoms with Crippen LogP contribution in [0.1, 0.15) is 5.69 Å². The summed E-state index contributed by atoms with van der Waals surface area (Å²) >= 11 is 0. The number of hydrazine groups is 1. The van der Waals surface area contributed by atoms with Gasteiger partial charge >= 0.3 is 6.98 Å². The van der Waals surface area contributed by atoms with Gasteiger partial charge in [-0.15, -0.1) is 0 Å². The van der Waals surface area contributed by atoms with Crippen molar-refractivity contribution in [1.29, 1.82) is 0 Å². The van der Waals surface area contributed by atoms with E-state index in [1.807, 2.05) is 36.4 Å². The highest BCUT2D eigenvalue weighted by atomic mass is 19.1. The molecule has 122 valence electrons. The van der Waals surface area contributed by atoms with Crippen molar-refractivity contribution in [3.63, 3.8) is 0 Å². The standard InChI is InChI=1S/C18H13BF2N4/c20-14-9-6-10-15(21)17(14)19-23-18(16-11-4-5-12-22-16)24-25(19)13-7-2-1-3-8-13/h1-12H,(H,23,24). The van der Waals surface area contributed by atoms with Crippen LogP contribution in [0.3, 0.4) is 0 Å². The third-order valence-corrected chi connectivity index (χ3v) is 3.92. The van der Waals surface area contributed by atoms with Gasteiger partial charge in [0, 0.05) is 17.3 Å². The number of hydrogen-bond donors (Lipinski definition) is 1. The highest BCUT2D eigenvalue weighted by molar-refractivity contribution is 6.77. The van der Waals surface area contributed by atoms with Gasteiger partial charge in [0.2, 0.25) is 0 Å². The number of amidine groups is 1. The number of anilines is 1. The van der Waals surface area contributed by atoms with E-state index < -0.39 is 18.6 Å². The van der Waals surface area contributed by atoms with Gasteiger partial charge in [-0.2, -0.15) is 0 Å². The maximum absolute atomic E-state index is 14.3. The molecule has 2 aromatic carbocycles. The maximum Gasteiger partial charge on any atom is 0.457 e. The quantitative estimate of drug-likeness (QED) is 0.749. The summed E-state index contributed by atoms with van der Waals surface area (Å²) in [4.78, 5) is 10.4. The molecule has 4 nitrogen and oxygen atoms in total. The van der Waals surface area contributed by atoms with Crippen LogP contribution in [0.4, 0.5) is 14.5 Å². The first kappa shape index (κ1) is 15.3. The number of aromatic nitrogens is 1. The summed E-state index contributed by atoms with van der Waals surface area (Å²) in [6.45, 7) is -0.874. The minimum absolute atomic E-state index is 0.107. The smallest absolute Gasteiger partial charge is 0.300 e. The van der Waals surface area contributed by atoms with E-state index in [1.54, 1.807) is 23.2 Å². The molecule has 0 amide bonds. The van der Waals surface area contributed by atoms with Crippen molar-refractivity contribution < 1.29 is 8.78 Å². The van der Waals surface area contributed by atoms with Gasteiger partial charge in [0.25, 0.3) is 0 Å². The Kier molecular flexibility index (Phi) is 3.89. The third kappa shape index (κ3) is 2.84. The molecule has 0 radical (unpaired) electrons. The number of nitrogens with zero attached hydrogens (tertiary/aromatic N) is 3. The van der Waals surface area contributed by atoms with Crippen LogP contribution in [-0.4, -0.2) is 17.8 Å². The number of halogens is 2. The molecule has 2 heterocycles. The van der Waals surface area contributed by atoms with E-state index in [0.717, 1.165) is 5.69 Å². The Morgan fingerprint density at radius 2 is 1.56 bits per heavy atom. The van der Waals surface area contributed by atoms with Crippen LogP contribution in [0.2, 0.25) is 0 Å². The zero-order valence-electron chi connectivity index (χ0n) is 13.1. The molecular weight excluding hydrogens is 321 g/mol. The van der Waals surface area contributed by atoms with Crippen molar-refractivity contribution in [2.24, 2.45) is 4.90 Å². The first-order valence-corrected chi connectivity index (χ1v) is 7.78. The highest BCUT2D eigenvalue weighted by Gasteiger charge is 2.38. The fraction of sp³-hybridized carbons (Fsp3) is 0. The van der Waals surface area contributed by atoms with Crippen LogP contribution >= 0.6 is 0 Å². The van der Waals surface area contributed by atoms with Crippen molar-refractivity contribution in [3.05, 3.63) is 90.3 Å². The van der Waals surface area contributed by atoms with Crippen LogP contribution < -0.4 is 15.8 Å². The van der Waals surface area contributed by atoms with E-state index in [4.69, 9.17) is 0 Å². The van der Waals surface area contributed by atoms with E-state index in [9.17, 15) is 8.78 Å². The number of para-hydroxylation sites is 1. The Balaban J connectivity index is 1.82. The molecular formula is C18H13BF2N4. The van der Waals surface area contributed by atoms with Crippen molar-refractivity contribution >= 4 is 24.0 Å². The van der Waals surface area contributed by atoms with Crippen LogP contribution in [0.5, 0.6) is 0 Å². The minimum atomic E-state index is -0.874. The normalized spacial score (nSPS) is 13.6. The lowest BCUT2D eigenvalue weighted by atomic mass is 9.67. The molecule has 7 heteroatoms. The molecule has 0 unspecified atom stereocenters. The molecule has 4 rings (SSSR count). The molecule has 25 heavy (non-hydrogen) atoms. The molecule has 3 aromatic rings. The van der Waals surface area contributed by atoms with Gasteiger partial charge < -0.3 is 4.92 Å². The maximum atomic E-state index is 14.3. The van der Waals surface area contributed by atoms with Crippen molar-refractivity contribution in [2.75, 3.05) is 4.92 Å². The average Bonchev–Trinajstić information content (AvgIpc) is 3.08. The lowest BCUT2D eigenvalue weighted by Gasteiger charge is -2.24. The zero-order chi connectivity index (χ0) is 17.2. The molecule has 1 aliphatic heterocycles. The molecule has 0 spiro atoms. The Labute approximate surface area is 143 Å². The summed E-state index contributed by atoms with van der Waals surface area (Å²) in [6, 6.07) is 18.5. The topological polar surface area (TPSA) is 40.5 Å². The summed E-state index contributed by atoms with van der Waals surface area (Å²) in [5.41, 5.74) is 4.35. The summed E-state index contributed by atoms with van der Waals surface area (Å²) in [5, 5.41) is 0. The summed E-state index contributed by atoms with van der Waals surface area (Å²) in [6.07, 6.45) is 1.64. The van der Waals surface area contributed by atoms with E-state index in [1.165, 1.54) is 18.2 Å². The average molecular weight is 334 g/mol. The molecule has 0 bridgehead atoms. The molecule has 0 saturated heterocycles. The number of hydrogen-bond acceptors (Lipinski definition) is 4. The van der Waals surface area contributed by atoms with Crippen molar-refractivity contribution in [1.82, 2.24) is 10.4 Å². The second-order valence-corrected chi connectivity index (χ2v) is 5.52. The first-order chi connectivity index (χ1) is 12.2. The second kappa shape index (κ2) is 6.35. The third-order valence-electron chi connectivity index (χ3n) is 3.92. The van der Waals surface area contributed by atoms with Gasteiger partial charge in [0.15, 0.2) is 5.84 Å². The van der Waals surface area contributed by atoms with E-state index in [-0.39, 0.29) is 5.46 Å². The van der Waals surface area contributed by atoms with Gasteiger partial charge in [0.05, 0.1) is 0 Å². The molecule has 0 aliphatic carbocycles. The minimum Gasteiger partial charge on any atom is -0.300 e. The van der Waals surface area contributed by atoms with Gasteiger partial charge in [-0.1, -0.05) is 30.3 Å². The van der Waals surface area contributed by atoms with Gasteiger partial charge in [-0.05, 0) is 36.4 Å². The van der Waals surface area contributed by atoms with Gasteiger partial charge in [-0.3, -0.25) is 15.3 Å². The lowest BCUT2D eigenvalue weighted by Crippen LogP contribution is -2.52. The monoisotopic (exact) mass is 334 g/mol. The van der Waals surface area contributed by atoms with E-state index >= 15 is 0 Å². The Morgan fingerprint density at radius 3 is 2.24 bits per heavy atom. The fourth-order valence-corrected chi connectivity index (χ4v) is 2.76. The van der Waals surface area contributed by atoms with Crippen molar-refractivity contribution in [2.45, 2.75) is 0 Å². The molecule has 1 aromatic heterocycles. The number of benzene rings is 2.